The molecule has 2 saturated heterocycles. The van der Waals surface area contributed by atoms with E-state index in [-0.39, 0.29) is 11.7 Å². The molecule has 2 aliphatic rings. The van der Waals surface area contributed by atoms with E-state index in [1.807, 2.05) is 11.0 Å². The van der Waals surface area contributed by atoms with Gasteiger partial charge in [0.1, 0.15) is 5.75 Å². The normalized spacial score (nSPS) is 23.9. The van der Waals surface area contributed by atoms with Crippen molar-refractivity contribution in [3.8, 4) is 5.75 Å². The Bertz CT molecular complexity index is 538. The van der Waals surface area contributed by atoms with Gasteiger partial charge in [0.25, 0.3) is 5.91 Å². The number of carbonyl (C=O) groups is 1. The third-order valence-corrected chi connectivity index (χ3v) is 5.33. The summed E-state index contributed by atoms with van der Waals surface area (Å²) in [5.41, 5.74) is 0.431. The maximum atomic E-state index is 12.7. The molecule has 23 heavy (non-hydrogen) atoms. The number of aromatic hydroxyl groups is 1. The Balaban J connectivity index is 1.58. The molecule has 0 radical (unpaired) electrons. The average Bonchev–Trinajstić information content (AvgIpc) is 2.57. The van der Waals surface area contributed by atoms with Crippen LogP contribution in [0.4, 0.5) is 0 Å². The van der Waals surface area contributed by atoms with Gasteiger partial charge < -0.3 is 14.9 Å². The minimum absolute atomic E-state index is 0.0277. The number of carbonyl (C=O) groups excluding carboxylic acids is 1. The third kappa shape index (κ3) is 4.05. The van der Waals surface area contributed by atoms with Crippen molar-refractivity contribution in [3.05, 3.63) is 29.8 Å². The Morgan fingerprint density at radius 3 is 2.65 bits per heavy atom. The summed E-state index contributed by atoms with van der Waals surface area (Å²) in [6, 6.07) is 6.86. The number of amides is 1. The summed E-state index contributed by atoms with van der Waals surface area (Å²) in [6.45, 7) is 7.47. The minimum Gasteiger partial charge on any atom is -0.507 e. The van der Waals surface area contributed by atoms with Crippen LogP contribution in [-0.4, -0.2) is 53.5 Å². The van der Waals surface area contributed by atoms with Crippen LogP contribution in [0.3, 0.4) is 0 Å². The van der Waals surface area contributed by atoms with Gasteiger partial charge in [-0.1, -0.05) is 19.1 Å². The van der Waals surface area contributed by atoms with Crippen LogP contribution < -0.4 is 0 Å². The maximum absolute atomic E-state index is 12.7. The molecule has 2 fully saturated rings. The number of likely N-dealkylation sites (tertiary alicyclic amines) is 2. The molecule has 1 atom stereocenters. The average molecular weight is 316 g/mol. The van der Waals surface area contributed by atoms with Gasteiger partial charge in [-0.15, -0.1) is 0 Å². The van der Waals surface area contributed by atoms with Crippen LogP contribution >= 0.6 is 0 Å². The lowest BCUT2D eigenvalue weighted by Gasteiger charge is -2.38. The minimum atomic E-state index is -0.0277. The molecule has 1 aromatic rings. The summed E-state index contributed by atoms with van der Waals surface area (Å²) in [5, 5.41) is 9.91. The molecule has 1 amide bonds. The van der Waals surface area contributed by atoms with Crippen LogP contribution in [0.5, 0.6) is 5.75 Å². The van der Waals surface area contributed by atoms with Crippen molar-refractivity contribution in [2.24, 2.45) is 11.8 Å². The molecule has 0 bridgehead atoms. The molecule has 0 aromatic heterocycles. The molecule has 0 aliphatic carbocycles. The first kappa shape index (κ1) is 16.3. The number of nitrogens with zero attached hydrogens (tertiary/aromatic N) is 2. The summed E-state index contributed by atoms with van der Waals surface area (Å²) in [6.07, 6.45) is 4.87. The van der Waals surface area contributed by atoms with Gasteiger partial charge in [-0.05, 0) is 62.7 Å². The van der Waals surface area contributed by atoms with Gasteiger partial charge in [-0.3, -0.25) is 4.79 Å². The molecule has 1 N–H and O–H groups in total. The Morgan fingerprint density at radius 1 is 1.17 bits per heavy atom. The molecule has 0 unspecified atom stereocenters. The van der Waals surface area contributed by atoms with E-state index in [0.29, 0.717) is 11.5 Å². The zero-order chi connectivity index (χ0) is 16.2. The quantitative estimate of drug-likeness (QED) is 0.932. The van der Waals surface area contributed by atoms with Crippen LogP contribution in [0, 0.1) is 11.8 Å². The molecule has 0 spiro atoms. The zero-order valence-corrected chi connectivity index (χ0v) is 14.1. The molecule has 3 rings (SSSR count). The van der Waals surface area contributed by atoms with E-state index in [9.17, 15) is 9.90 Å². The topological polar surface area (TPSA) is 43.8 Å². The smallest absolute Gasteiger partial charge is 0.257 e. The lowest BCUT2D eigenvalue weighted by atomic mass is 9.94. The largest absolute Gasteiger partial charge is 0.507 e. The van der Waals surface area contributed by atoms with E-state index in [1.165, 1.54) is 32.4 Å². The fraction of sp³-hybridized carbons (Fsp3) is 0.632. The Hall–Kier alpha value is -1.55. The maximum Gasteiger partial charge on any atom is 0.257 e. The molecule has 2 aliphatic heterocycles. The van der Waals surface area contributed by atoms with E-state index >= 15 is 0 Å². The summed E-state index contributed by atoms with van der Waals surface area (Å²) < 4.78 is 0. The predicted molar refractivity (Wildman–Crippen MR) is 91.6 cm³/mol. The lowest BCUT2D eigenvalue weighted by molar-refractivity contribution is 0.0619. The molecular weight excluding hydrogens is 288 g/mol. The first-order chi connectivity index (χ1) is 11.1. The summed E-state index contributed by atoms with van der Waals surface area (Å²) in [7, 11) is 0. The van der Waals surface area contributed by atoms with E-state index in [1.54, 1.807) is 18.2 Å². The number of phenols is 1. The van der Waals surface area contributed by atoms with Crippen molar-refractivity contribution in [1.82, 2.24) is 9.80 Å². The van der Waals surface area contributed by atoms with Crippen LogP contribution in [0.15, 0.2) is 24.3 Å². The monoisotopic (exact) mass is 316 g/mol. The second-order valence-corrected chi connectivity index (χ2v) is 7.26. The van der Waals surface area contributed by atoms with E-state index in [4.69, 9.17) is 0 Å². The van der Waals surface area contributed by atoms with Crippen molar-refractivity contribution in [2.75, 3.05) is 32.7 Å². The van der Waals surface area contributed by atoms with E-state index in [0.717, 1.165) is 32.0 Å². The highest BCUT2D eigenvalue weighted by atomic mass is 16.3. The fourth-order valence-corrected chi connectivity index (χ4v) is 3.83. The standard InChI is InChI=1S/C19H28N2O2/c1-15-8-11-20(12-9-15)13-16-5-4-10-21(14-16)19(23)17-6-2-3-7-18(17)22/h2-3,6-7,15-16,22H,4-5,8-14H2,1H3/t16-/m1/s1. The number of benzene rings is 1. The second kappa shape index (κ2) is 7.35. The Morgan fingerprint density at radius 2 is 1.91 bits per heavy atom. The number of phenolic OH excluding ortho intramolecular Hbond substituents is 1. The third-order valence-electron chi connectivity index (χ3n) is 5.33. The molecular formula is C19H28N2O2. The van der Waals surface area contributed by atoms with Crippen LogP contribution in [0.1, 0.15) is 43.0 Å². The van der Waals surface area contributed by atoms with Crippen LogP contribution in [-0.2, 0) is 0 Å². The highest BCUT2D eigenvalue weighted by molar-refractivity contribution is 5.96. The summed E-state index contributed by atoms with van der Waals surface area (Å²) >= 11 is 0. The van der Waals surface area contributed by atoms with E-state index < -0.39 is 0 Å². The van der Waals surface area contributed by atoms with Crippen LogP contribution in [0.25, 0.3) is 0 Å². The molecule has 4 heteroatoms. The Kier molecular flexibility index (Phi) is 5.21. The first-order valence-electron chi connectivity index (χ1n) is 8.93. The molecule has 0 saturated carbocycles. The molecule has 2 heterocycles. The lowest BCUT2D eigenvalue weighted by Crippen LogP contribution is -2.45. The molecule has 1 aromatic carbocycles. The van der Waals surface area contributed by atoms with Gasteiger partial charge in [-0.25, -0.2) is 0 Å². The highest BCUT2D eigenvalue weighted by Gasteiger charge is 2.27. The van der Waals surface area contributed by atoms with Gasteiger partial charge in [0, 0.05) is 19.6 Å². The van der Waals surface area contributed by atoms with Crippen molar-refractivity contribution in [1.29, 1.82) is 0 Å². The number of rotatable bonds is 3. The van der Waals surface area contributed by atoms with Crippen molar-refractivity contribution < 1.29 is 9.90 Å². The van der Waals surface area contributed by atoms with E-state index in [2.05, 4.69) is 11.8 Å². The van der Waals surface area contributed by atoms with Gasteiger partial charge in [0.15, 0.2) is 0 Å². The first-order valence-corrected chi connectivity index (χ1v) is 8.93. The zero-order valence-electron chi connectivity index (χ0n) is 14.1. The molecule has 126 valence electrons. The van der Waals surface area contributed by atoms with Gasteiger partial charge >= 0.3 is 0 Å². The SMILES string of the molecule is CC1CCN(C[C@H]2CCCN(C(=O)c3ccccc3O)C2)CC1. The van der Waals surface area contributed by atoms with Gasteiger partial charge in [0.2, 0.25) is 0 Å². The number of piperidine rings is 2. The fourth-order valence-electron chi connectivity index (χ4n) is 3.83. The van der Waals surface area contributed by atoms with Crippen molar-refractivity contribution in [2.45, 2.75) is 32.6 Å². The van der Waals surface area contributed by atoms with Crippen LogP contribution in [0.2, 0.25) is 0 Å². The predicted octanol–water partition coefficient (Wildman–Crippen LogP) is 2.98. The highest BCUT2D eigenvalue weighted by Crippen LogP contribution is 2.24. The van der Waals surface area contributed by atoms with Crippen molar-refractivity contribution >= 4 is 5.91 Å². The number of hydrogen-bond acceptors (Lipinski definition) is 3. The number of hydrogen-bond donors (Lipinski definition) is 1. The molecule has 4 nitrogen and oxygen atoms in total. The van der Waals surface area contributed by atoms with Gasteiger partial charge in [-0.2, -0.15) is 0 Å². The number of para-hydroxylation sites is 1. The summed E-state index contributed by atoms with van der Waals surface area (Å²) in [4.78, 5) is 17.1. The Labute approximate surface area is 139 Å². The van der Waals surface area contributed by atoms with Gasteiger partial charge in [0.05, 0.1) is 5.56 Å². The van der Waals surface area contributed by atoms with Crippen molar-refractivity contribution in [3.63, 3.8) is 0 Å². The second-order valence-electron chi connectivity index (χ2n) is 7.26. The summed E-state index contributed by atoms with van der Waals surface area (Å²) in [5.74, 6) is 1.48.